The molecule has 2 aromatic rings. The molecule has 1 fully saturated rings. The maximum Gasteiger partial charge on any atom is 0.295 e. The Morgan fingerprint density at radius 1 is 1.23 bits per heavy atom. The van der Waals surface area contributed by atoms with E-state index in [4.69, 9.17) is 4.74 Å². The third-order valence-corrected chi connectivity index (χ3v) is 4.97. The van der Waals surface area contributed by atoms with Crippen molar-refractivity contribution in [3.63, 3.8) is 0 Å². The van der Waals surface area contributed by atoms with Gasteiger partial charge in [0.1, 0.15) is 11.5 Å². The molecule has 2 heterocycles. The molecule has 7 heteroatoms. The molecule has 0 radical (unpaired) electrons. The molecule has 30 heavy (non-hydrogen) atoms. The second-order valence-electron chi connectivity index (χ2n) is 7.61. The maximum atomic E-state index is 12.9. The number of hydrogen-bond acceptors (Lipinski definition) is 5. The lowest BCUT2D eigenvalue weighted by Crippen LogP contribution is -3.06. The minimum Gasteiger partial charge on any atom is -0.507 e. The molecule has 0 aliphatic carbocycles. The lowest BCUT2D eigenvalue weighted by Gasteiger charge is -2.25. The average Bonchev–Trinajstić information content (AvgIpc) is 3.01. The Morgan fingerprint density at radius 2 is 2.03 bits per heavy atom. The Bertz CT molecular complexity index is 940. The Hall–Kier alpha value is -3.19. The van der Waals surface area contributed by atoms with Gasteiger partial charge in [-0.15, -0.1) is 0 Å². The van der Waals surface area contributed by atoms with Crippen molar-refractivity contribution in [1.82, 2.24) is 9.88 Å². The summed E-state index contributed by atoms with van der Waals surface area (Å²) < 4.78 is 5.65. The number of ketones is 1. The molecule has 2 N–H and O–H groups in total. The quantitative estimate of drug-likeness (QED) is 0.391. The smallest absolute Gasteiger partial charge is 0.295 e. The van der Waals surface area contributed by atoms with Gasteiger partial charge in [-0.1, -0.05) is 25.1 Å². The van der Waals surface area contributed by atoms with Crippen LogP contribution in [0.5, 0.6) is 5.75 Å². The van der Waals surface area contributed by atoms with Crippen LogP contribution in [0.15, 0.2) is 54.4 Å². The highest BCUT2D eigenvalue weighted by molar-refractivity contribution is 6.46. The number of benzene rings is 1. The minimum atomic E-state index is -0.685. The molecule has 1 aromatic heterocycles. The summed E-state index contributed by atoms with van der Waals surface area (Å²) in [5, 5.41) is 11.1. The summed E-state index contributed by atoms with van der Waals surface area (Å²) in [6.07, 6.45) is 4.12. The zero-order valence-corrected chi connectivity index (χ0v) is 17.6. The SMILES string of the molecule is CCCOc1cccc(C(O)=C2C(=O)C(=O)N(CC[NH+](C)C)[C@@H]2c2cccnc2)c1. The van der Waals surface area contributed by atoms with Crippen LogP contribution in [0.2, 0.25) is 0 Å². The van der Waals surface area contributed by atoms with E-state index in [1.54, 1.807) is 42.7 Å². The van der Waals surface area contributed by atoms with Crippen molar-refractivity contribution < 1.29 is 24.3 Å². The fourth-order valence-corrected chi connectivity index (χ4v) is 3.45. The number of likely N-dealkylation sites (N-methyl/N-ethyl adjacent to an activating group) is 1. The molecule has 0 spiro atoms. The normalized spacial score (nSPS) is 18.3. The van der Waals surface area contributed by atoms with Crippen molar-refractivity contribution >= 4 is 17.4 Å². The van der Waals surface area contributed by atoms with Gasteiger partial charge >= 0.3 is 0 Å². The number of rotatable bonds is 8. The van der Waals surface area contributed by atoms with Gasteiger partial charge in [0.25, 0.3) is 11.7 Å². The average molecular weight is 410 g/mol. The zero-order valence-electron chi connectivity index (χ0n) is 17.6. The number of pyridine rings is 1. The lowest BCUT2D eigenvalue weighted by atomic mass is 9.96. The van der Waals surface area contributed by atoms with Gasteiger partial charge in [0.05, 0.1) is 45.4 Å². The van der Waals surface area contributed by atoms with Crippen molar-refractivity contribution in [2.24, 2.45) is 0 Å². The molecule has 1 aliphatic rings. The fraction of sp³-hybridized carbons (Fsp3) is 0.348. The van der Waals surface area contributed by atoms with Crippen molar-refractivity contribution in [2.45, 2.75) is 19.4 Å². The monoisotopic (exact) mass is 410 g/mol. The molecule has 1 amide bonds. The predicted octanol–water partition coefficient (Wildman–Crippen LogP) is 1.44. The Kier molecular flexibility index (Phi) is 6.84. The van der Waals surface area contributed by atoms with Crippen LogP contribution in [0, 0.1) is 0 Å². The van der Waals surface area contributed by atoms with Gasteiger partial charge < -0.3 is 19.6 Å². The summed E-state index contributed by atoms with van der Waals surface area (Å²) >= 11 is 0. The van der Waals surface area contributed by atoms with E-state index in [2.05, 4.69) is 4.98 Å². The van der Waals surface area contributed by atoms with Crippen LogP contribution in [0.4, 0.5) is 0 Å². The van der Waals surface area contributed by atoms with Crippen LogP contribution in [0.1, 0.15) is 30.5 Å². The molecule has 1 aliphatic heterocycles. The number of Topliss-reactive ketones (excluding diaryl/α,β-unsaturated/α-hetero) is 1. The number of quaternary nitrogens is 1. The molecule has 158 valence electrons. The molecule has 0 unspecified atom stereocenters. The van der Waals surface area contributed by atoms with E-state index < -0.39 is 17.7 Å². The van der Waals surface area contributed by atoms with Crippen molar-refractivity contribution in [3.05, 3.63) is 65.5 Å². The first-order valence-corrected chi connectivity index (χ1v) is 10.1. The molecule has 1 atom stereocenters. The van der Waals surface area contributed by atoms with E-state index >= 15 is 0 Å². The van der Waals surface area contributed by atoms with Gasteiger partial charge in [0, 0.05) is 18.0 Å². The number of nitrogens with one attached hydrogen (secondary N) is 1. The summed E-state index contributed by atoms with van der Waals surface area (Å²) in [5.74, 6) is -0.895. The standard InChI is InChI=1S/C23H27N3O4/c1-4-13-30-18-9-5-7-16(14-18)21(27)19-20(17-8-6-10-24-15-17)26(12-11-25(2)3)23(29)22(19)28/h5-10,14-15,20,27H,4,11-13H2,1-3H3/p+1/t20-/m1/s1. The molecule has 7 nitrogen and oxygen atoms in total. The summed E-state index contributed by atoms with van der Waals surface area (Å²) in [6.45, 7) is 3.62. The zero-order chi connectivity index (χ0) is 21.7. The van der Waals surface area contributed by atoms with Crippen LogP contribution < -0.4 is 9.64 Å². The second-order valence-corrected chi connectivity index (χ2v) is 7.61. The maximum absolute atomic E-state index is 12.9. The molecule has 0 saturated carbocycles. The van der Waals surface area contributed by atoms with Gasteiger partial charge in [-0.3, -0.25) is 14.6 Å². The summed E-state index contributed by atoms with van der Waals surface area (Å²) in [6, 6.07) is 9.82. The van der Waals surface area contributed by atoms with Crippen molar-refractivity contribution in [3.8, 4) is 5.75 Å². The largest absolute Gasteiger partial charge is 0.507 e. The molecule has 3 rings (SSSR count). The van der Waals surface area contributed by atoms with Crippen LogP contribution in [-0.2, 0) is 9.59 Å². The van der Waals surface area contributed by atoms with E-state index in [1.807, 2.05) is 27.1 Å². The van der Waals surface area contributed by atoms with E-state index in [-0.39, 0.29) is 11.3 Å². The number of aliphatic hydroxyl groups excluding tert-OH is 1. The number of hydrogen-bond donors (Lipinski definition) is 2. The first kappa shape index (κ1) is 21.5. The summed E-state index contributed by atoms with van der Waals surface area (Å²) in [5.41, 5.74) is 1.20. The van der Waals surface area contributed by atoms with Crippen LogP contribution >= 0.6 is 0 Å². The van der Waals surface area contributed by atoms with Crippen molar-refractivity contribution in [1.29, 1.82) is 0 Å². The number of ether oxygens (including phenoxy) is 1. The van der Waals surface area contributed by atoms with Gasteiger partial charge in [0.2, 0.25) is 0 Å². The number of aromatic nitrogens is 1. The summed E-state index contributed by atoms with van der Waals surface area (Å²) in [7, 11) is 3.97. The van der Waals surface area contributed by atoms with E-state index in [0.717, 1.165) is 11.3 Å². The van der Waals surface area contributed by atoms with E-state index in [9.17, 15) is 14.7 Å². The number of likely N-dealkylation sites (tertiary alicyclic amines) is 1. The number of carbonyl (C=O) groups is 2. The van der Waals surface area contributed by atoms with Gasteiger partial charge in [0.15, 0.2) is 0 Å². The number of carbonyl (C=O) groups excluding carboxylic acids is 2. The first-order chi connectivity index (χ1) is 14.4. The third kappa shape index (κ3) is 4.52. The second kappa shape index (κ2) is 9.54. The highest BCUT2D eigenvalue weighted by Gasteiger charge is 2.46. The number of aliphatic hydroxyl groups is 1. The van der Waals surface area contributed by atoms with Gasteiger partial charge in [-0.05, 0) is 30.2 Å². The molecule has 1 saturated heterocycles. The Balaban J connectivity index is 2.07. The highest BCUT2D eigenvalue weighted by atomic mass is 16.5. The minimum absolute atomic E-state index is 0.0781. The van der Waals surface area contributed by atoms with E-state index in [0.29, 0.717) is 36.6 Å². The topological polar surface area (TPSA) is 84.2 Å². The third-order valence-electron chi connectivity index (χ3n) is 4.97. The molecule has 0 bridgehead atoms. The number of nitrogens with zero attached hydrogens (tertiary/aromatic N) is 2. The first-order valence-electron chi connectivity index (χ1n) is 10.1. The van der Waals surface area contributed by atoms with Gasteiger partial charge in [-0.2, -0.15) is 0 Å². The lowest BCUT2D eigenvalue weighted by molar-refractivity contribution is -0.857. The highest BCUT2D eigenvalue weighted by Crippen LogP contribution is 2.39. The Labute approximate surface area is 176 Å². The molecular formula is C23H28N3O4+. The predicted molar refractivity (Wildman–Crippen MR) is 113 cm³/mol. The summed E-state index contributed by atoms with van der Waals surface area (Å²) in [4.78, 5) is 32.6. The van der Waals surface area contributed by atoms with Crippen LogP contribution in [0.3, 0.4) is 0 Å². The molecular weight excluding hydrogens is 382 g/mol. The number of amides is 1. The van der Waals surface area contributed by atoms with Crippen molar-refractivity contribution in [2.75, 3.05) is 33.8 Å². The van der Waals surface area contributed by atoms with Crippen LogP contribution in [-0.4, -0.2) is 60.5 Å². The fourth-order valence-electron chi connectivity index (χ4n) is 3.45. The van der Waals surface area contributed by atoms with E-state index in [1.165, 1.54) is 4.90 Å². The Morgan fingerprint density at radius 3 is 2.70 bits per heavy atom. The molecule has 1 aromatic carbocycles. The van der Waals surface area contributed by atoms with Crippen LogP contribution in [0.25, 0.3) is 5.76 Å². The van der Waals surface area contributed by atoms with Gasteiger partial charge in [-0.25, -0.2) is 0 Å².